The van der Waals surface area contributed by atoms with Gasteiger partial charge in [-0.15, -0.1) is 0 Å². The van der Waals surface area contributed by atoms with Gasteiger partial charge in [0, 0.05) is 25.0 Å². The SMILES string of the molecule is CN(CCc1ccncc1)C1CCC1CN. The summed E-state index contributed by atoms with van der Waals surface area (Å²) in [5.74, 6) is 0.724. The van der Waals surface area contributed by atoms with E-state index >= 15 is 0 Å². The Morgan fingerprint density at radius 2 is 2.12 bits per heavy atom. The fourth-order valence-corrected chi connectivity index (χ4v) is 2.43. The fraction of sp³-hybridized carbons (Fsp3) is 0.615. The van der Waals surface area contributed by atoms with E-state index in [0.717, 1.165) is 25.4 Å². The summed E-state index contributed by atoms with van der Waals surface area (Å²) < 4.78 is 0. The second-order valence-electron chi connectivity index (χ2n) is 4.73. The zero-order valence-electron chi connectivity index (χ0n) is 9.97. The van der Waals surface area contributed by atoms with Gasteiger partial charge in [-0.1, -0.05) is 0 Å². The standard InChI is InChI=1S/C13H21N3/c1-16(13-3-2-12(13)10-14)9-6-11-4-7-15-8-5-11/h4-5,7-8,12-13H,2-3,6,9-10,14H2,1H3. The fourth-order valence-electron chi connectivity index (χ4n) is 2.43. The van der Waals surface area contributed by atoms with Crippen molar-refractivity contribution in [1.29, 1.82) is 0 Å². The van der Waals surface area contributed by atoms with Crippen LogP contribution in [0.1, 0.15) is 18.4 Å². The minimum absolute atomic E-state index is 0.715. The van der Waals surface area contributed by atoms with Crippen molar-refractivity contribution in [2.45, 2.75) is 25.3 Å². The Labute approximate surface area is 97.7 Å². The third kappa shape index (κ3) is 2.60. The zero-order valence-corrected chi connectivity index (χ0v) is 9.97. The summed E-state index contributed by atoms with van der Waals surface area (Å²) >= 11 is 0. The van der Waals surface area contributed by atoms with Gasteiger partial charge in [0.2, 0.25) is 0 Å². The topological polar surface area (TPSA) is 42.2 Å². The lowest BCUT2D eigenvalue weighted by Gasteiger charge is -2.42. The average Bonchev–Trinajstić information content (AvgIpc) is 2.27. The minimum atomic E-state index is 0.715. The summed E-state index contributed by atoms with van der Waals surface area (Å²) in [4.78, 5) is 6.49. The maximum absolute atomic E-state index is 5.73. The Hall–Kier alpha value is -0.930. The molecule has 3 nitrogen and oxygen atoms in total. The second-order valence-corrected chi connectivity index (χ2v) is 4.73. The first-order chi connectivity index (χ1) is 7.81. The van der Waals surface area contributed by atoms with Gasteiger partial charge < -0.3 is 10.6 Å². The molecule has 1 heterocycles. The lowest BCUT2D eigenvalue weighted by Crippen LogP contribution is -2.48. The van der Waals surface area contributed by atoms with Gasteiger partial charge in [-0.25, -0.2) is 0 Å². The van der Waals surface area contributed by atoms with Crippen molar-refractivity contribution in [2.24, 2.45) is 11.7 Å². The van der Waals surface area contributed by atoms with E-state index in [-0.39, 0.29) is 0 Å². The van der Waals surface area contributed by atoms with Crippen LogP contribution in [0.25, 0.3) is 0 Å². The highest BCUT2D eigenvalue weighted by molar-refractivity contribution is 5.10. The monoisotopic (exact) mass is 219 g/mol. The van der Waals surface area contributed by atoms with E-state index in [1.807, 2.05) is 12.4 Å². The van der Waals surface area contributed by atoms with Gasteiger partial charge in [-0.2, -0.15) is 0 Å². The summed E-state index contributed by atoms with van der Waals surface area (Å²) in [5, 5.41) is 0. The normalized spacial score (nSPS) is 24.4. The highest BCUT2D eigenvalue weighted by atomic mass is 15.1. The third-order valence-corrected chi connectivity index (χ3v) is 3.75. The van der Waals surface area contributed by atoms with E-state index in [2.05, 4.69) is 29.1 Å². The molecule has 2 atom stereocenters. The number of pyridine rings is 1. The highest BCUT2D eigenvalue weighted by Crippen LogP contribution is 2.30. The molecular formula is C13H21N3. The Balaban J connectivity index is 1.78. The van der Waals surface area contributed by atoms with Crippen molar-refractivity contribution in [3.8, 4) is 0 Å². The molecule has 3 heteroatoms. The van der Waals surface area contributed by atoms with Gasteiger partial charge in [0.05, 0.1) is 0 Å². The molecule has 1 aliphatic carbocycles. The Bertz CT molecular complexity index is 310. The maximum Gasteiger partial charge on any atom is 0.0270 e. The summed E-state index contributed by atoms with van der Waals surface area (Å²) in [5.41, 5.74) is 7.10. The molecule has 0 amide bonds. The van der Waals surface area contributed by atoms with Crippen molar-refractivity contribution in [1.82, 2.24) is 9.88 Å². The first kappa shape index (κ1) is 11.6. The molecule has 16 heavy (non-hydrogen) atoms. The molecule has 1 fully saturated rings. The Kier molecular flexibility index (Phi) is 3.91. The van der Waals surface area contributed by atoms with E-state index in [1.165, 1.54) is 18.4 Å². The van der Waals surface area contributed by atoms with Gasteiger partial charge in [0.25, 0.3) is 0 Å². The van der Waals surface area contributed by atoms with Crippen LogP contribution in [0.2, 0.25) is 0 Å². The third-order valence-electron chi connectivity index (χ3n) is 3.75. The molecule has 2 unspecified atom stereocenters. The summed E-state index contributed by atoms with van der Waals surface area (Å²) in [7, 11) is 2.22. The van der Waals surface area contributed by atoms with Gasteiger partial charge in [-0.3, -0.25) is 4.98 Å². The quantitative estimate of drug-likeness (QED) is 0.811. The van der Waals surface area contributed by atoms with Gasteiger partial charge in [0.15, 0.2) is 0 Å². The highest BCUT2D eigenvalue weighted by Gasteiger charge is 2.32. The molecule has 0 aromatic carbocycles. The molecule has 1 aromatic heterocycles. The lowest BCUT2D eigenvalue weighted by molar-refractivity contribution is 0.0907. The molecule has 0 spiro atoms. The molecule has 2 rings (SSSR count). The molecule has 88 valence electrons. The molecule has 0 radical (unpaired) electrons. The Morgan fingerprint density at radius 3 is 2.69 bits per heavy atom. The predicted octanol–water partition coefficient (Wildman–Crippen LogP) is 1.29. The van der Waals surface area contributed by atoms with Crippen LogP contribution in [0.5, 0.6) is 0 Å². The van der Waals surface area contributed by atoms with E-state index < -0.39 is 0 Å². The molecule has 0 saturated heterocycles. The number of nitrogens with zero attached hydrogens (tertiary/aromatic N) is 2. The summed E-state index contributed by atoms with van der Waals surface area (Å²) in [6, 6.07) is 4.90. The molecular weight excluding hydrogens is 198 g/mol. The molecule has 0 aliphatic heterocycles. The van der Waals surface area contributed by atoms with E-state index in [0.29, 0.717) is 6.04 Å². The average molecular weight is 219 g/mol. The smallest absolute Gasteiger partial charge is 0.0270 e. The molecule has 1 aromatic rings. The zero-order chi connectivity index (χ0) is 11.4. The van der Waals surface area contributed by atoms with E-state index in [9.17, 15) is 0 Å². The molecule has 0 bridgehead atoms. The minimum Gasteiger partial charge on any atom is -0.330 e. The van der Waals surface area contributed by atoms with Crippen LogP contribution in [-0.2, 0) is 6.42 Å². The van der Waals surface area contributed by atoms with Crippen molar-refractivity contribution in [3.63, 3.8) is 0 Å². The molecule has 1 aliphatic rings. The summed E-state index contributed by atoms with van der Waals surface area (Å²) in [6.07, 6.45) is 7.45. The van der Waals surface area contributed by atoms with Gasteiger partial charge in [0.1, 0.15) is 0 Å². The van der Waals surface area contributed by atoms with Crippen LogP contribution >= 0.6 is 0 Å². The molecule has 2 N–H and O–H groups in total. The van der Waals surface area contributed by atoms with Crippen LogP contribution in [-0.4, -0.2) is 36.1 Å². The number of nitrogens with two attached hydrogens (primary N) is 1. The molecule has 1 saturated carbocycles. The number of rotatable bonds is 5. The first-order valence-corrected chi connectivity index (χ1v) is 6.10. The summed E-state index contributed by atoms with van der Waals surface area (Å²) in [6.45, 7) is 1.95. The number of aromatic nitrogens is 1. The predicted molar refractivity (Wildman–Crippen MR) is 66.1 cm³/mol. The van der Waals surface area contributed by atoms with Crippen LogP contribution < -0.4 is 5.73 Å². The van der Waals surface area contributed by atoms with Crippen LogP contribution in [0.3, 0.4) is 0 Å². The number of hydrogen-bond acceptors (Lipinski definition) is 3. The van der Waals surface area contributed by atoms with E-state index in [4.69, 9.17) is 5.73 Å². The van der Waals surface area contributed by atoms with Gasteiger partial charge >= 0.3 is 0 Å². The van der Waals surface area contributed by atoms with E-state index in [1.54, 1.807) is 0 Å². The maximum atomic E-state index is 5.73. The lowest BCUT2D eigenvalue weighted by atomic mass is 9.78. The second kappa shape index (κ2) is 5.41. The van der Waals surface area contributed by atoms with Crippen molar-refractivity contribution in [2.75, 3.05) is 20.1 Å². The van der Waals surface area contributed by atoms with Crippen LogP contribution in [0, 0.1) is 5.92 Å². The largest absolute Gasteiger partial charge is 0.330 e. The van der Waals surface area contributed by atoms with Gasteiger partial charge in [-0.05, 0) is 56.5 Å². The first-order valence-electron chi connectivity index (χ1n) is 6.10. The van der Waals surface area contributed by atoms with Crippen LogP contribution in [0.4, 0.5) is 0 Å². The number of likely N-dealkylation sites (N-methyl/N-ethyl adjacent to an activating group) is 1. The number of hydrogen-bond donors (Lipinski definition) is 1. The van der Waals surface area contributed by atoms with Crippen molar-refractivity contribution < 1.29 is 0 Å². The Morgan fingerprint density at radius 1 is 1.38 bits per heavy atom. The van der Waals surface area contributed by atoms with Crippen molar-refractivity contribution in [3.05, 3.63) is 30.1 Å². The van der Waals surface area contributed by atoms with Crippen molar-refractivity contribution >= 4 is 0 Å². The van der Waals surface area contributed by atoms with Crippen LogP contribution in [0.15, 0.2) is 24.5 Å².